The van der Waals surface area contributed by atoms with E-state index in [1.165, 1.54) is 0 Å². The number of hydrogen-bond donors (Lipinski definition) is 4. The molecule has 0 aliphatic heterocycles. The van der Waals surface area contributed by atoms with Gasteiger partial charge in [-0.05, 0) is 86.6 Å². The molecular weight excluding hydrogens is 460 g/mol. The van der Waals surface area contributed by atoms with Crippen LogP contribution in [0.25, 0.3) is 0 Å². The van der Waals surface area contributed by atoms with Gasteiger partial charge in [0.15, 0.2) is 0 Å². The average Bonchev–Trinajstić information content (AvgIpc) is 2.91. The van der Waals surface area contributed by atoms with Crippen LogP contribution in [0.2, 0.25) is 0 Å². The van der Waals surface area contributed by atoms with E-state index in [0.29, 0.717) is 37.8 Å². The van der Waals surface area contributed by atoms with Crippen LogP contribution in [0.4, 0.5) is 11.4 Å². The molecule has 36 heavy (non-hydrogen) atoms. The van der Waals surface area contributed by atoms with Crippen LogP contribution in [0.5, 0.6) is 23.0 Å². The molecule has 8 heteroatoms. The second-order valence-corrected chi connectivity index (χ2v) is 8.08. The van der Waals surface area contributed by atoms with Crippen molar-refractivity contribution in [2.75, 3.05) is 50.2 Å². The van der Waals surface area contributed by atoms with Crippen LogP contribution in [-0.2, 0) is 0 Å². The summed E-state index contributed by atoms with van der Waals surface area (Å²) in [6.45, 7) is 6.16. The molecule has 0 heterocycles. The lowest BCUT2D eigenvalue weighted by atomic mass is 10.3. The van der Waals surface area contributed by atoms with Crippen LogP contribution in [0.1, 0.15) is 13.8 Å². The zero-order valence-corrected chi connectivity index (χ0v) is 20.9. The summed E-state index contributed by atoms with van der Waals surface area (Å²) < 4.78 is 22.2. The summed E-state index contributed by atoms with van der Waals surface area (Å²) >= 11 is 0. The third-order valence-electron chi connectivity index (χ3n) is 5.12. The van der Waals surface area contributed by atoms with Crippen molar-refractivity contribution in [1.29, 1.82) is 0 Å². The molecule has 0 aliphatic rings. The fraction of sp³-hybridized carbons (Fsp3) is 0.357. The lowest BCUT2D eigenvalue weighted by Crippen LogP contribution is -2.26. The van der Waals surface area contributed by atoms with Gasteiger partial charge in [0.05, 0.1) is 13.2 Å². The average molecular weight is 497 g/mol. The highest BCUT2D eigenvalue weighted by Crippen LogP contribution is 2.19. The number of anilines is 2. The number of aliphatic hydroxyl groups excluding tert-OH is 2. The Balaban J connectivity index is 1.31. The molecule has 0 bridgehead atoms. The van der Waals surface area contributed by atoms with Gasteiger partial charge in [-0.25, -0.2) is 0 Å². The minimum absolute atomic E-state index is 0.153. The van der Waals surface area contributed by atoms with E-state index in [0.717, 1.165) is 22.9 Å². The van der Waals surface area contributed by atoms with Gasteiger partial charge < -0.3 is 39.8 Å². The molecule has 3 aromatic rings. The van der Waals surface area contributed by atoms with Gasteiger partial charge in [-0.2, -0.15) is 0 Å². The SMILES string of the molecule is CCOc1ccc(NC[C@@H](O)COc2ccc(OC[C@@H](O)CNc3ccc(OCC)cc3)cc2)cc1. The highest BCUT2D eigenvalue weighted by molar-refractivity contribution is 5.47. The number of aliphatic hydroxyl groups is 2. The monoisotopic (exact) mass is 496 g/mol. The molecular formula is C28H36N2O6. The number of benzene rings is 3. The Bertz CT molecular complexity index is 914. The molecule has 0 aromatic heterocycles. The van der Waals surface area contributed by atoms with Crippen LogP contribution >= 0.6 is 0 Å². The Hall–Kier alpha value is -3.62. The summed E-state index contributed by atoms with van der Waals surface area (Å²) in [5.74, 6) is 2.88. The Labute approximate surface area is 212 Å². The fourth-order valence-corrected chi connectivity index (χ4v) is 3.28. The maximum absolute atomic E-state index is 10.2. The summed E-state index contributed by atoms with van der Waals surface area (Å²) in [4.78, 5) is 0. The first-order chi connectivity index (χ1) is 17.6. The molecule has 0 radical (unpaired) electrons. The summed E-state index contributed by atoms with van der Waals surface area (Å²) in [5, 5.41) is 26.8. The summed E-state index contributed by atoms with van der Waals surface area (Å²) in [5.41, 5.74) is 1.80. The summed E-state index contributed by atoms with van der Waals surface area (Å²) in [7, 11) is 0. The van der Waals surface area contributed by atoms with Gasteiger partial charge in [-0.15, -0.1) is 0 Å². The second-order valence-electron chi connectivity index (χ2n) is 8.08. The molecule has 0 saturated carbocycles. The molecule has 0 amide bonds. The van der Waals surface area contributed by atoms with E-state index < -0.39 is 12.2 Å². The van der Waals surface area contributed by atoms with Gasteiger partial charge in [-0.1, -0.05) is 0 Å². The highest BCUT2D eigenvalue weighted by Gasteiger charge is 2.08. The third kappa shape index (κ3) is 9.56. The van der Waals surface area contributed by atoms with Crippen LogP contribution in [0, 0.1) is 0 Å². The molecule has 2 atom stereocenters. The minimum atomic E-state index is -0.675. The van der Waals surface area contributed by atoms with Gasteiger partial charge in [0.1, 0.15) is 48.4 Å². The van der Waals surface area contributed by atoms with Gasteiger partial charge in [0.2, 0.25) is 0 Å². The highest BCUT2D eigenvalue weighted by atomic mass is 16.5. The van der Waals surface area contributed by atoms with Crippen LogP contribution in [0.3, 0.4) is 0 Å². The molecule has 4 N–H and O–H groups in total. The van der Waals surface area contributed by atoms with Crippen molar-refractivity contribution < 1.29 is 29.2 Å². The maximum atomic E-state index is 10.2. The van der Waals surface area contributed by atoms with Crippen LogP contribution in [0.15, 0.2) is 72.8 Å². The normalized spacial score (nSPS) is 12.3. The van der Waals surface area contributed by atoms with Crippen molar-refractivity contribution >= 4 is 11.4 Å². The lowest BCUT2D eigenvalue weighted by molar-refractivity contribution is 0.115. The number of nitrogens with one attached hydrogen (secondary N) is 2. The van der Waals surface area contributed by atoms with Gasteiger partial charge in [0, 0.05) is 24.5 Å². The van der Waals surface area contributed by atoms with Crippen molar-refractivity contribution in [1.82, 2.24) is 0 Å². The molecule has 8 nitrogen and oxygen atoms in total. The first-order valence-electron chi connectivity index (χ1n) is 12.2. The van der Waals surface area contributed by atoms with Gasteiger partial charge in [-0.3, -0.25) is 0 Å². The quantitative estimate of drug-likeness (QED) is 0.234. The topological polar surface area (TPSA) is 101 Å². The van der Waals surface area contributed by atoms with Crippen molar-refractivity contribution in [2.45, 2.75) is 26.1 Å². The predicted octanol–water partition coefficient (Wildman–Crippen LogP) is 4.19. The first kappa shape index (κ1) is 27.0. The Kier molecular flexibility index (Phi) is 11.0. The number of hydrogen-bond acceptors (Lipinski definition) is 8. The third-order valence-corrected chi connectivity index (χ3v) is 5.12. The van der Waals surface area contributed by atoms with Crippen LogP contribution in [-0.4, -0.2) is 61.9 Å². The van der Waals surface area contributed by atoms with Crippen molar-refractivity contribution in [3.63, 3.8) is 0 Å². The Morgan fingerprint density at radius 2 is 0.833 bits per heavy atom. The van der Waals surface area contributed by atoms with E-state index in [-0.39, 0.29) is 13.2 Å². The lowest BCUT2D eigenvalue weighted by Gasteiger charge is -2.16. The number of ether oxygens (including phenoxy) is 4. The smallest absolute Gasteiger partial charge is 0.119 e. The molecule has 0 fully saturated rings. The molecule has 3 aromatic carbocycles. The molecule has 3 rings (SSSR count). The molecule has 194 valence electrons. The predicted molar refractivity (Wildman–Crippen MR) is 142 cm³/mol. The fourth-order valence-electron chi connectivity index (χ4n) is 3.28. The first-order valence-corrected chi connectivity index (χ1v) is 12.2. The van der Waals surface area contributed by atoms with Crippen LogP contribution < -0.4 is 29.6 Å². The Morgan fingerprint density at radius 1 is 0.528 bits per heavy atom. The van der Waals surface area contributed by atoms with Crippen molar-refractivity contribution in [3.05, 3.63) is 72.8 Å². The molecule has 0 unspecified atom stereocenters. The summed E-state index contributed by atoms with van der Waals surface area (Å²) in [6.07, 6.45) is -1.35. The van der Waals surface area contributed by atoms with E-state index in [4.69, 9.17) is 18.9 Å². The van der Waals surface area contributed by atoms with Gasteiger partial charge >= 0.3 is 0 Å². The summed E-state index contributed by atoms with van der Waals surface area (Å²) in [6, 6.07) is 22.2. The Morgan fingerprint density at radius 3 is 1.17 bits per heavy atom. The van der Waals surface area contributed by atoms with Gasteiger partial charge in [0.25, 0.3) is 0 Å². The molecule has 0 aliphatic carbocycles. The molecule has 0 spiro atoms. The van der Waals surface area contributed by atoms with E-state index in [1.807, 2.05) is 62.4 Å². The van der Waals surface area contributed by atoms with Crippen molar-refractivity contribution in [2.24, 2.45) is 0 Å². The van der Waals surface area contributed by atoms with E-state index in [1.54, 1.807) is 24.3 Å². The molecule has 0 saturated heterocycles. The second kappa shape index (κ2) is 14.7. The standard InChI is InChI=1S/C28H36N2O6/c1-3-33-25-9-5-21(6-10-25)29-17-23(31)19-35-27-13-15-28(16-14-27)36-20-24(32)18-30-22-7-11-26(12-8-22)34-4-2/h5-16,23-24,29-32H,3-4,17-20H2,1-2H3/t23-,24+. The maximum Gasteiger partial charge on any atom is 0.119 e. The number of rotatable bonds is 16. The minimum Gasteiger partial charge on any atom is -0.494 e. The largest absolute Gasteiger partial charge is 0.494 e. The van der Waals surface area contributed by atoms with E-state index in [9.17, 15) is 10.2 Å². The zero-order valence-electron chi connectivity index (χ0n) is 20.9. The van der Waals surface area contributed by atoms with E-state index >= 15 is 0 Å². The van der Waals surface area contributed by atoms with Crippen molar-refractivity contribution in [3.8, 4) is 23.0 Å². The zero-order chi connectivity index (χ0) is 25.6. The van der Waals surface area contributed by atoms with E-state index in [2.05, 4.69) is 10.6 Å².